The molecule has 8 heteroatoms. The van der Waals surface area contributed by atoms with Crippen LogP contribution in [0.25, 0.3) is 0 Å². The van der Waals surface area contributed by atoms with E-state index >= 15 is 0 Å². The molecule has 3 amide bonds. The second-order valence-electron chi connectivity index (χ2n) is 7.24. The average Bonchev–Trinajstić information content (AvgIpc) is 3.30. The molecule has 31 heavy (non-hydrogen) atoms. The van der Waals surface area contributed by atoms with E-state index in [1.807, 2.05) is 12.1 Å². The summed E-state index contributed by atoms with van der Waals surface area (Å²) in [5.74, 6) is -0.0436. The Morgan fingerprint density at radius 2 is 1.94 bits per heavy atom. The molecule has 0 bridgehead atoms. The minimum absolute atomic E-state index is 0.00213. The fraction of sp³-hybridized carbons (Fsp3) is 0.217. The highest BCUT2D eigenvalue weighted by atomic mass is 16.3. The van der Waals surface area contributed by atoms with Crippen molar-refractivity contribution in [3.8, 4) is 0 Å². The van der Waals surface area contributed by atoms with Crippen molar-refractivity contribution < 1.29 is 18.8 Å². The van der Waals surface area contributed by atoms with Gasteiger partial charge in [0.1, 0.15) is 12.3 Å². The maximum Gasteiger partial charge on any atom is 0.244 e. The molecule has 1 N–H and O–H groups in total. The minimum Gasteiger partial charge on any atom is -0.467 e. The zero-order valence-corrected chi connectivity index (χ0v) is 16.9. The van der Waals surface area contributed by atoms with Crippen LogP contribution in [0, 0.1) is 0 Å². The van der Waals surface area contributed by atoms with E-state index in [4.69, 9.17) is 4.42 Å². The number of amides is 3. The number of nitrogens with one attached hydrogen (secondary N) is 1. The van der Waals surface area contributed by atoms with Crippen LogP contribution in [0.15, 0.2) is 71.6 Å². The molecule has 0 aliphatic carbocycles. The number of furan rings is 1. The van der Waals surface area contributed by atoms with Crippen molar-refractivity contribution in [2.45, 2.75) is 25.9 Å². The molecular formula is C23H22N4O4. The Labute approximate surface area is 179 Å². The summed E-state index contributed by atoms with van der Waals surface area (Å²) < 4.78 is 5.39. The summed E-state index contributed by atoms with van der Waals surface area (Å²) in [5.41, 5.74) is 2.12. The molecule has 4 rings (SSSR count). The topological polar surface area (TPSA) is 95.8 Å². The van der Waals surface area contributed by atoms with Crippen molar-refractivity contribution in [1.29, 1.82) is 0 Å². The lowest BCUT2D eigenvalue weighted by molar-refractivity contribution is -0.134. The molecule has 0 atom stereocenters. The molecule has 158 valence electrons. The third-order valence-corrected chi connectivity index (χ3v) is 5.00. The van der Waals surface area contributed by atoms with E-state index in [0.717, 1.165) is 5.56 Å². The second-order valence-corrected chi connectivity index (χ2v) is 7.24. The number of rotatable bonds is 7. The number of nitrogens with zero attached hydrogens (tertiary/aromatic N) is 3. The average molecular weight is 418 g/mol. The number of carbonyl (C=O) groups excluding carboxylic acids is 3. The largest absolute Gasteiger partial charge is 0.467 e. The molecule has 0 fully saturated rings. The van der Waals surface area contributed by atoms with Gasteiger partial charge in [0.2, 0.25) is 17.7 Å². The molecule has 1 aromatic carbocycles. The van der Waals surface area contributed by atoms with Gasteiger partial charge in [-0.2, -0.15) is 0 Å². The van der Waals surface area contributed by atoms with E-state index in [9.17, 15) is 14.4 Å². The lowest BCUT2D eigenvalue weighted by atomic mass is 10.1. The first-order valence-corrected chi connectivity index (χ1v) is 9.98. The first-order valence-electron chi connectivity index (χ1n) is 9.98. The molecule has 2 aromatic heterocycles. The molecule has 3 aromatic rings. The van der Waals surface area contributed by atoms with Crippen LogP contribution in [0.2, 0.25) is 0 Å². The second kappa shape index (κ2) is 9.25. The standard InChI is InChI=1S/C23H22N4O4/c28-21-16-27(20-8-2-1-7-19(20)25-21)23(30)10-9-22(29)26(15-18-6-4-12-31-18)14-17-5-3-11-24-13-17/h1-8,11-13H,9-10,14-16H2,(H,25,28). The normalized spacial score (nSPS) is 12.8. The Bertz CT molecular complexity index is 1070. The lowest BCUT2D eigenvalue weighted by Crippen LogP contribution is -2.42. The van der Waals surface area contributed by atoms with Gasteiger partial charge in [0.25, 0.3) is 0 Å². The highest BCUT2D eigenvalue weighted by Gasteiger charge is 2.27. The lowest BCUT2D eigenvalue weighted by Gasteiger charge is -2.29. The smallest absolute Gasteiger partial charge is 0.244 e. The Kier molecular flexibility index (Phi) is 6.07. The monoisotopic (exact) mass is 418 g/mol. The van der Waals surface area contributed by atoms with Gasteiger partial charge < -0.3 is 19.5 Å². The molecule has 3 heterocycles. The third kappa shape index (κ3) is 4.98. The molecule has 0 spiro atoms. The van der Waals surface area contributed by atoms with E-state index in [2.05, 4.69) is 10.3 Å². The van der Waals surface area contributed by atoms with Crippen molar-refractivity contribution in [2.75, 3.05) is 16.8 Å². The van der Waals surface area contributed by atoms with Crippen LogP contribution < -0.4 is 10.2 Å². The van der Waals surface area contributed by atoms with Crippen LogP contribution in [0.1, 0.15) is 24.2 Å². The van der Waals surface area contributed by atoms with Gasteiger partial charge in [-0.1, -0.05) is 18.2 Å². The van der Waals surface area contributed by atoms with Crippen LogP contribution in [-0.4, -0.2) is 34.2 Å². The number of hydrogen-bond acceptors (Lipinski definition) is 5. The number of fused-ring (bicyclic) bond motifs is 1. The van der Waals surface area contributed by atoms with Crippen LogP contribution in [-0.2, 0) is 27.5 Å². The van der Waals surface area contributed by atoms with Crippen LogP contribution >= 0.6 is 0 Å². The summed E-state index contributed by atoms with van der Waals surface area (Å²) >= 11 is 0. The predicted octanol–water partition coefficient (Wildman–Crippen LogP) is 2.97. The summed E-state index contributed by atoms with van der Waals surface area (Å²) in [4.78, 5) is 45.0. The van der Waals surface area contributed by atoms with Gasteiger partial charge in [0, 0.05) is 31.8 Å². The number of aromatic nitrogens is 1. The number of hydrogen-bond donors (Lipinski definition) is 1. The van der Waals surface area contributed by atoms with Gasteiger partial charge >= 0.3 is 0 Å². The number of benzene rings is 1. The first kappa shape index (κ1) is 20.3. The first-order chi connectivity index (χ1) is 15.1. The summed E-state index contributed by atoms with van der Waals surface area (Å²) in [5, 5.41) is 2.76. The molecule has 0 saturated heterocycles. The zero-order valence-electron chi connectivity index (χ0n) is 16.9. The quantitative estimate of drug-likeness (QED) is 0.636. The van der Waals surface area contributed by atoms with E-state index in [1.54, 1.807) is 60.0 Å². The van der Waals surface area contributed by atoms with E-state index in [-0.39, 0.29) is 37.1 Å². The van der Waals surface area contributed by atoms with Gasteiger partial charge in [-0.05, 0) is 35.9 Å². The molecule has 0 radical (unpaired) electrons. The molecule has 8 nitrogen and oxygen atoms in total. The van der Waals surface area contributed by atoms with Gasteiger partial charge in [-0.25, -0.2) is 0 Å². The summed E-state index contributed by atoms with van der Waals surface area (Å²) in [7, 11) is 0. The van der Waals surface area contributed by atoms with Crippen molar-refractivity contribution >= 4 is 29.1 Å². The van der Waals surface area contributed by atoms with Gasteiger partial charge in [-0.3, -0.25) is 19.4 Å². The maximum atomic E-state index is 13.0. The SMILES string of the molecule is O=C1CN(C(=O)CCC(=O)N(Cc2cccnc2)Cc2ccco2)c2ccccc2N1. The van der Waals surface area contributed by atoms with Gasteiger partial charge in [0.05, 0.1) is 24.2 Å². The minimum atomic E-state index is -0.269. The summed E-state index contributed by atoms with van der Waals surface area (Å²) in [6, 6.07) is 14.4. The van der Waals surface area contributed by atoms with E-state index in [0.29, 0.717) is 30.2 Å². The van der Waals surface area contributed by atoms with Crippen molar-refractivity contribution in [2.24, 2.45) is 0 Å². The van der Waals surface area contributed by atoms with E-state index < -0.39 is 0 Å². The highest BCUT2D eigenvalue weighted by molar-refractivity contribution is 6.10. The summed E-state index contributed by atoms with van der Waals surface area (Å²) in [6.45, 7) is 0.593. The maximum absolute atomic E-state index is 13.0. The van der Waals surface area contributed by atoms with Crippen LogP contribution in [0.3, 0.4) is 0 Å². The van der Waals surface area contributed by atoms with Gasteiger partial charge in [-0.15, -0.1) is 0 Å². The number of anilines is 2. The number of pyridine rings is 1. The molecule has 0 unspecified atom stereocenters. The highest BCUT2D eigenvalue weighted by Crippen LogP contribution is 2.29. The van der Waals surface area contributed by atoms with Crippen molar-refractivity contribution in [3.05, 3.63) is 78.5 Å². The zero-order chi connectivity index (χ0) is 21.6. The molecule has 0 saturated carbocycles. The van der Waals surface area contributed by atoms with E-state index in [1.165, 1.54) is 4.90 Å². The van der Waals surface area contributed by atoms with Crippen LogP contribution in [0.4, 0.5) is 11.4 Å². The molecule has 1 aliphatic rings. The van der Waals surface area contributed by atoms with Crippen LogP contribution in [0.5, 0.6) is 0 Å². The Hall–Kier alpha value is -3.94. The fourth-order valence-electron chi connectivity index (χ4n) is 3.50. The Balaban J connectivity index is 1.43. The molecular weight excluding hydrogens is 396 g/mol. The predicted molar refractivity (Wildman–Crippen MR) is 114 cm³/mol. The number of carbonyl (C=O) groups is 3. The Morgan fingerprint density at radius 1 is 1.06 bits per heavy atom. The van der Waals surface area contributed by atoms with Gasteiger partial charge in [0.15, 0.2) is 0 Å². The third-order valence-electron chi connectivity index (χ3n) is 5.00. The Morgan fingerprint density at radius 3 is 2.71 bits per heavy atom. The summed E-state index contributed by atoms with van der Waals surface area (Å²) in [6.07, 6.45) is 4.97. The van der Waals surface area contributed by atoms with Crippen molar-refractivity contribution in [1.82, 2.24) is 9.88 Å². The molecule has 1 aliphatic heterocycles. The van der Waals surface area contributed by atoms with Crippen molar-refractivity contribution in [3.63, 3.8) is 0 Å². The number of para-hydroxylation sites is 2. The fourth-order valence-corrected chi connectivity index (χ4v) is 3.50.